The highest BCUT2D eigenvalue weighted by atomic mass is 15.1. The van der Waals surface area contributed by atoms with Gasteiger partial charge < -0.3 is 4.90 Å². The first-order valence-electron chi connectivity index (χ1n) is 12.8. The first-order chi connectivity index (χ1) is 18.2. The molecule has 0 radical (unpaired) electrons. The molecule has 0 saturated carbocycles. The van der Waals surface area contributed by atoms with Gasteiger partial charge in [-0.3, -0.25) is 0 Å². The molecule has 0 atom stereocenters. The SMILES string of the molecule is Cc1ccccc1-c1ccc(-c2ccccc2N(c2ccccc2)c2cccc3ccccc23)cc1C. The predicted molar refractivity (Wildman–Crippen MR) is 159 cm³/mol. The molecule has 0 aromatic heterocycles. The number of anilines is 3. The molecule has 0 spiro atoms. The topological polar surface area (TPSA) is 3.24 Å². The van der Waals surface area contributed by atoms with Crippen LogP contribution in [-0.4, -0.2) is 0 Å². The van der Waals surface area contributed by atoms with Crippen LogP contribution in [0.5, 0.6) is 0 Å². The van der Waals surface area contributed by atoms with E-state index in [1.165, 1.54) is 49.8 Å². The van der Waals surface area contributed by atoms with Crippen molar-refractivity contribution in [2.75, 3.05) is 4.90 Å². The molecular formula is C36H29N. The highest BCUT2D eigenvalue weighted by Gasteiger charge is 2.19. The van der Waals surface area contributed by atoms with E-state index in [2.05, 4.69) is 158 Å². The number of aryl methyl sites for hydroxylation is 2. The van der Waals surface area contributed by atoms with Crippen molar-refractivity contribution in [2.24, 2.45) is 0 Å². The van der Waals surface area contributed by atoms with Crippen molar-refractivity contribution in [3.05, 3.63) is 151 Å². The van der Waals surface area contributed by atoms with Gasteiger partial charge in [0.15, 0.2) is 0 Å². The maximum absolute atomic E-state index is 2.39. The maximum Gasteiger partial charge on any atom is 0.0540 e. The van der Waals surface area contributed by atoms with Crippen molar-refractivity contribution in [2.45, 2.75) is 13.8 Å². The van der Waals surface area contributed by atoms with Crippen LogP contribution in [0.2, 0.25) is 0 Å². The Morgan fingerprint density at radius 2 is 1.05 bits per heavy atom. The lowest BCUT2D eigenvalue weighted by atomic mass is 9.92. The van der Waals surface area contributed by atoms with Crippen molar-refractivity contribution in [3.63, 3.8) is 0 Å². The molecule has 0 bridgehead atoms. The second kappa shape index (κ2) is 9.79. The van der Waals surface area contributed by atoms with Gasteiger partial charge in [0.1, 0.15) is 0 Å². The second-order valence-electron chi connectivity index (χ2n) is 9.53. The van der Waals surface area contributed by atoms with E-state index in [0.29, 0.717) is 0 Å². The summed E-state index contributed by atoms with van der Waals surface area (Å²) in [6, 6.07) is 50.0. The molecule has 0 aliphatic carbocycles. The van der Waals surface area contributed by atoms with E-state index in [1.54, 1.807) is 0 Å². The van der Waals surface area contributed by atoms with Gasteiger partial charge in [0, 0.05) is 16.6 Å². The Morgan fingerprint density at radius 1 is 0.432 bits per heavy atom. The third kappa shape index (κ3) is 4.30. The molecule has 178 valence electrons. The molecule has 1 nitrogen and oxygen atoms in total. The summed E-state index contributed by atoms with van der Waals surface area (Å²) >= 11 is 0. The minimum Gasteiger partial charge on any atom is -0.309 e. The van der Waals surface area contributed by atoms with E-state index < -0.39 is 0 Å². The number of nitrogens with zero attached hydrogens (tertiary/aromatic N) is 1. The molecule has 0 saturated heterocycles. The lowest BCUT2D eigenvalue weighted by molar-refractivity contribution is 1.30. The van der Waals surface area contributed by atoms with Gasteiger partial charge >= 0.3 is 0 Å². The molecular weight excluding hydrogens is 446 g/mol. The molecule has 37 heavy (non-hydrogen) atoms. The van der Waals surface area contributed by atoms with Gasteiger partial charge in [0.05, 0.1) is 11.4 Å². The molecule has 6 aromatic rings. The molecule has 0 aliphatic heterocycles. The van der Waals surface area contributed by atoms with E-state index >= 15 is 0 Å². The molecule has 0 amide bonds. The monoisotopic (exact) mass is 475 g/mol. The molecule has 1 heteroatoms. The van der Waals surface area contributed by atoms with Crippen LogP contribution in [0.25, 0.3) is 33.0 Å². The lowest BCUT2D eigenvalue weighted by Gasteiger charge is -2.29. The molecule has 6 rings (SSSR count). The summed E-state index contributed by atoms with van der Waals surface area (Å²) in [6.07, 6.45) is 0. The molecule has 6 aromatic carbocycles. The number of fused-ring (bicyclic) bond motifs is 1. The summed E-state index contributed by atoms with van der Waals surface area (Å²) in [5, 5.41) is 2.46. The minimum atomic E-state index is 1.14. The number of hydrogen-bond acceptors (Lipinski definition) is 1. The summed E-state index contributed by atoms with van der Waals surface area (Å²) in [5.74, 6) is 0. The Balaban J connectivity index is 1.54. The normalized spacial score (nSPS) is 11.0. The summed E-state index contributed by atoms with van der Waals surface area (Å²) in [4.78, 5) is 2.39. The standard InChI is InChI=1S/C36H29N/c1-26-13-6-8-18-31(26)32-24-23-29(25-27(32)2)34-20-10-11-21-35(34)37(30-16-4-3-5-17-30)36-22-12-15-28-14-7-9-19-33(28)36/h3-25H,1-2H3. The zero-order chi connectivity index (χ0) is 25.2. The maximum atomic E-state index is 2.39. The third-order valence-corrected chi connectivity index (χ3v) is 7.14. The Morgan fingerprint density at radius 3 is 1.86 bits per heavy atom. The van der Waals surface area contributed by atoms with Crippen LogP contribution < -0.4 is 4.90 Å². The van der Waals surface area contributed by atoms with Gasteiger partial charge in [0.2, 0.25) is 0 Å². The average molecular weight is 476 g/mol. The van der Waals surface area contributed by atoms with Crippen molar-refractivity contribution in [1.82, 2.24) is 0 Å². The Hall–Kier alpha value is -4.62. The number of para-hydroxylation sites is 2. The predicted octanol–water partition coefficient (Wildman–Crippen LogP) is 10.3. The molecule has 0 aliphatic rings. The largest absolute Gasteiger partial charge is 0.309 e. The van der Waals surface area contributed by atoms with Crippen LogP contribution in [0.15, 0.2) is 140 Å². The second-order valence-corrected chi connectivity index (χ2v) is 9.53. The highest BCUT2D eigenvalue weighted by molar-refractivity contribution is 6.01. The minimum absolute atomic E-state index is 1.14. The Labute approximate surface area is 219 Å². The third-order valence-electron chi connectivity index (χ3n) is 7.14. The van der Waals surface area contributed by atoms with Gasteiger partial charge in [0.25, 0.3) is 0 Å². The van der Waals surface area contributed by atoms with Crippen LogP contribution in [0, 0.1) is 13.8 Å². The molecule has 0 fully saturated rings. The molecule has 0 heterocycles. The summed E-state index contributed by atoms with van der Waals surface area (Å²) in [6.45, 7) is 4.40. The van der Waals surface area contributed by atoms with Crippen LogP contribution in [0.4, 0.5) is 17.1 Å². The van der Waals surface area contributed by atoms with Gasteiger partial charge in [-0.2, -0.15) is 0 Å². The number of rotatable bonds is 5. The summed E-state index contributed by atoms with van der Waals surface area (Å²) < 4.78 is 0. The summed E-state index contributed by atoms with van der Waals surface area (Å²) in [7, 11) is 0. The van der Waals surface area contributed by atoms with Crippen molar-refractivity contribution >= 4 is 27.8 Å². The van der Waals surface area contributed by atoms with E-state index in [1.807, 2.05) is 0 Å². The van der Waals surface area contributed by atoms with E-state index in [-0.39, 0.29) is 0 Å². The van der Waals surface area contributed by atoms with Gasteiger partial charge in [-0.05, 0) is 71.3 Å². The molecule has 0 unspecified atom stereocenters. The zero-order valence-corrected chi connectivity index (χ0v) is 21.2. The average Bonchev–Trinajstić information content (AvgIpc) is 2.95. The van der Waals surface area contributed by atoms with Crippen molar-refractivity contribution in [1.29, 1.82) is 0 Å². The highest BCUT2D eigenvalue weighted by Crippen LogP contribution is 2.43. The summed E-state index contributed by atoms with van der Waals surface area (Å²) in [5.41, 5.74) is 11.0. The van der Waals surface area contributed by atoms with E-state index in [0.717, 1.165) is 11.4 Å². The Bertz CT molecular complexity index is 1690. The fraction of sp³-hybridized carbons (Fsp3) is 0.0556. The van der Waals surface area contributed by atoms with E-state index in [4.69, 9.17) is 0 Å². The zero-order valence-electron chi connectivity index (χ0n) is 21.2. The van der Waals surface area contributed by atoms with Crippen molar-refractivity contribution < 1.29 is 0 Å². The number of benzene rings is 6. The van der Waals surface area contributed by atoms with Crippen LogP contribution in [0.3, 0.4) is 0 Å². The van der Waals surface area contributed by atoms with E-state index in [9.17, 15) is 0 Å². The van der Waals surface area contributed by atoms with Gasteiger partial charge in [-0.15, -0.1) is 0 Å². The van der Waals surface area contributed by atoms with Gasteiger partial charge in [-0.25, -0.2) is 0 Å². The van der Waals surface area contributed by atoms with Crippen LogP contribution in [-0.2, 0) is 0 Å². The van der Waals surface area contributed by atoms with Crippen molar-refractivity contribution in [3.8, 4) is 22.3 Å². The fourth-order valence-electron chi connectivity index (χ4n) is 5.31. The van der Waals surface area contributed by atoms with Crippen LogP contribution >= 0.6 is 0 Å². The van der Waals surface area contributed by atoms with Gasteiger partial charge in [-0.1, -0.05) is 115 Å². The Kier molecular flexibility index (Phi) is 6.04. The number of hydrogen-bond donors (Lipinski definition) is 0. The fourth-order valence-corrected chi connectivity index (χ4v) is 5.31. The first kappa shape index (κ1) is 22.8. The molecule has 0 N–H and O–H groups in total. The first-order valence-corrected chi connectivity index (χ1v) is 12.8. The van der Waals surface area contributed by atoms with Crippen LogP contribution in [0.1, 0.15) is 11.1 Å². The lowest BCUT2D eigenvalue weighted by Crippen LogP contribution is -2.11. The smallest absolute Gasteiger partial charge is 0.0540 e. The quantitative estimate of drug-likeness (QED) is 0.240.